The lowest BCUT2D eigenvalue weighted by molar-refractivity contribution is -0.126. The summed E-state index contributed by atoms with van der Waals surface area (Å²) in [5.41, 5.74) is 2.57. The molecule has 2 heterocycles. The van der Waals surface area contributed by atoms with Crippen LogP contribution in [0.4, 0.5) is 5.82 Å². The third kappa shape index (κ3) is 3.52. The molecule has 0 aliphatic heterocycles. The van der Waals surface area contributed by atoms with Crippen LogP contribution in [-0.4, -0.2) is 28.6 Å². The van der Waals surface area contributed by atoms with Crippen molar-refractivity contribution in [2.24, 2.45) is 0 Å². The maximum Gasteiger partial charge on any atom is 0.234 e. The van der Waals surface area contributed by atoms with Gasteiger partial charge in [-0.15, -0.1) is 0 Å². The fourth-order valence-corrected chi connectivity index (χ4v) is 2.86. The van der Waals surface area contributed by atoms with Gasteiger partial charge in [-0.2, -0.15) is 16.4 Å². The number of anilines is 1. The molecule has 0 spiro atoms. The molecule has 0 saturated heterocycles. The number of hydrogen-bond donors (Lipinski definition) is 2. The van der Waals surface area contributed by atoms with Crippen molar-refractivity contribution < 1.29 is 9.59 Å². The van der Waals surface area contributed by atoms with E-state index in [2.05, 4.69) is 15.7 Å². The smallest absolute Gasteiger partial charge is 0.234 e. The molecule has 2 N–H and O–H groups in total. The molecule has 0 bridgehead atoms. The Balaban J connectivity index is 1.94. The van der Waals surface area contributed by atoms with Crippen LogP contribution in [-0.2, 0) is 9.59 Å². The van der Waals surface area contributed by atoms with Crippen molar-refractivity contribution in [1.29, 1.82) is 0 Å². The first kappa shape index (κ1) is 15.9. The molecule has 122 valence electrons. The van der Waals surface area contributed by atoms with Gasteiger partial charge in [0.25, 0.3) is 0 Å². The predicted octanol–water partition coefficient (Wildman–Crippen LogP) is 2.68. The number of nitrogens with zero attached hydrogens (tertiary/aromatic N) is 2. The normalized spacial score (nSPS) is 10.4. The van der Waals surface area contributed by atoms with Gasteiger partial charge in [0.1, 0.15) is 12.2 Å². The van der Waals surface area contributed by atoms with Crippen molar-refractivity contribution in [1.82, 2.24) is 15.1 Å². The number of carbonyl (C=O) groups is 2. The number of para-hydroxylation sites is 1. The van der Waals surface area contributed by atoms with Gasteiger partial charge in [0.05, 0.1) is 11.4 Å². The Morgan fingerprint density at radius 2 is 1.96 bits per heavy atom. The number of hydrogen-bond acceptors (Lipinski definition) is 4. The van der Waals surface area contributed by atoms with Crippen molar-refractivity contribution in [3.8, 4) is 16.9 Å². The molecular weight excluding hydrogens is 324 g/mol. The van der Waals surface area contributed by atoms with E-state index in [9.17, 15) is 9.59 Å². The maximum atomic E-state index is 12.1. The maximum absolute atomic E-state index is 12.1. The average molecular weight is 340 g/mol. The second kappa shape index (κ2) is 7.10. The molecule has 0 saturated carbocycles. The fourth-order valence-electron chi connectivity index (χ4n) is 2.21. The molecule has 1 aromatic carbocycles. The first-order chi connectivity index (χ1) is 11.7. The molecule has 3 rings (SSSR count). The summed E-state index contributed by atoms with van der Waals surface area (Å²) in [7, 11) is 1.50. The molecule has 0 atom stereocenters. The van der Waals surface area contributed by atoms with Crippen LogP contribution in [0.15, 0.2) is 53.2 Å². The van der Waals surface area contributed by atoms with E-state index in [0.717, 1.165) is 16.9 Å². The van der Waals surface area contributed by atoms with Crippen LogP contribution in [0.1, 0.15) is 6.42 Å². The predicted molar refractivity (Wildman–Crippen MR) is 94.2 cm³/mol. The topological polar surface area (TPSA) is 76.0 Å². The summed E-state index contributed by atoms with van der Waals surface area (Å²) in [5, 5.41) is 13.7. The van der Waals surface area contributed by atoms with Crippen LogP contribution in [0.25, 0.3) is 16.9 Å². The lowest BCUT2D eigenvalue weighted by Crippen LogP contribution is -2.25. The highest BCUT2D eigenvalue weighted by Gasteiger charge is 2.15. The van der Waals surface area contributed by atoms with Gasteiger partial charge in [-0.1, -0.05) is 18.2 Å². The van der Waals surface area contributed by atoms with Gasteiger partial charge in [0, 0.05) is 24.1 Å². The van der Waals surface area contributed by atoms with Crippen molar-refractivity contribution in [3.63, 3.8) is 0 Å². The van der Waals surface area contributed by atoms with Gasteiger partial charge in [0.15, 0.2) is 0 Å². The molecule has 6 nitrogen and oxygen atoms in total. The van der Waals surface area contributed by atoms with E-state index in [1.54, 1.807) is 22.1 Å². The van der Waals surface area contributed by atoms with E-state index in [1.807, 2.05) is 47.2 Å². The van der Waals surface area contributed by atoms with Crippen molar-refractivity contribution in [2.75, 3.05) is 12.4 Å². The highest BCUT2D eigenvalue weighted by molar-refractivity contribution is 7.08. The van der Waals surface area contributed by atoms with E-state index in [1.165, 1.54) is 7.05 Å². The number of nitrogens with one attached hydrogen (secondary N) is 2. The minimum absolute atomic E-state index is 0.232. The first-order valence-corrected chi connectivity index (χ1v) is 8.30. The third-order valence-corrected chi connectivity index (χ3v) is 4.08. The summed E-state index contributed by atoms with van der Waals surface area (Å²) in [6.07, 6.45) is -0.232. The van der Waals surface area contributed by atoms with Crippen LogP contribution in [0.5, 0.6) is 0 Å². The van der Waals surface area contributed by atoms with E-state index in [4.69, 9.17) is 0 Å². The zero-order chi connectivity index (χ0) is 16.9. The minimum Gasteiger partial charge on any atom is -0.359 e. The standard InChI is InChI=1S/C17H16N4O2S/c1-18-16(22)10-17(23)19-15-9-14(12-7-8-24-11-12)20-21(15)13-5-3-2-4-6-13/h2-9,11H,10H2,1H3,(H,18,22)(H,19,23). The lowest BCUT2D eigenvalue weighted by Gasteiger charge is -2.08. The zero-order valence-corrected chi connectivity index (χ0v) is 13.8. The van der Waals surface area contributed by atoms with Gasteiger partial charge in [-0.05, 0) is 23.6 Å². The molecule has 0 aliphatic carbocycles. The number of aromatic nitrogens is 2. The van der Waals surface area contributed by atoms with Gasteiger partial charge < -0.3 is 10.6 Å². The van der Waals surface area contributed by atoms with Crippen LogP contribution in [0, 0.1) is 0 Å². The van der Waals surface area contributed by atoms with E-state index in [0.29, 0.717) is 5.82 Å². The summed E-state index contributed by atoms with van der Waals surface area (Å²) in [5.74, 6) is -0.198. The summed E-state index contributed by atoms with van der Waals surface area (Å²) < 4.78 is 1.66. The van der Waals surface area contributed by atoms with Gasteiger partial charge in [-0.3, -0.25) is 9.59 Å². The summed E-state index contributed by atoms with van der Waals surface area (Å²) in [4.78, 5) is 23.4. The highest BCUT2D eigenvalue weighted by Crippen LogP contribution is 2.26. The molecule has 0 aliphatic rings. The Morgan fingerprint density at radius 1 is 1.17 bits per heavy atom. The van der Waals surface area contributed by atoms with Crippen molar-refractivity contribution >= 4 is 29.0 Å². The van der Waals surface area contributed by atoms with Gasteiger partial charge in [0.2, 0.25) is 11.8 Å². The van der Waals surface area contributed by atoms with Gasteiger partial charge >= 0.3 is 0 Å². The molecule has 0 radical (unpaired) electrons. The van der Waals surface area contributed by atoms with Crippen LogP contribution in [0.2, 0.25) is 0 Å². The Morgan fingerprint density at radius 3 is 2.62 bits per heavy atom. The Hall–Kier alpha value is -2.93. The molecule has 0 unspecified atom stereocenters. The van der Waals surface area contributed by atoms with Gasteiger partial charge in [-0.25, -0.2) is 4.68 Å². The molecule has 7 heteroatoms. The molecule has 0 fully saturated rings. The third-order valence-electron chi connectivity index (χ3n) is 3.39. The Bertz CT molecular complexity index is 841. The zero-order valence-electron chi connectivity index (χ0n) is 13.0. The van der Waals surface area contributed by atoms with Crippen LogP contribution in [0.3, 0.4) is 0 Å². The summed E-state index contributed by atoms with van der Waals surface area (Å²) >= 11 is 1.58. The molecule has 3 aromatic rings. The average Bonchev–Trinajstić information content (AvgIpc) is 3.25. The lowest BCUT2D eigenvalue weighted by atomic mass is 10.2. The molecular formula is C17H16N4O2S. The summed E-state index contributed by atoms with van der Waals surface area (Å²) in [6.45, 7) is 0. The number of carbonyl (C=O) groups excluding carboxylic acids is 2. The number of amides is 2. The minimum atomic E-state index is -0.386. The summed E-state index contributed by atoms with van der Waals surface area (Å²) in [6, 6.07) is 13.3. The SMILES string of the molecule is CNC(=O)CC(=O)Nc1cc(-c2ccsc2)nn1-c1ccccc1. The number of benzene rings is 1. The molecule has 2 amide bonds. The largest absolute Gasteiger partial charge is 0.359 e. The Labute approximate surface area is 143 Å². The van der Waals surface area contributed by atoms with E-state index in [-0.39, 0.29) is 18.2 Å². The van der Waals surface area contributed by atoms with E-state index >= 15 is 0 Å². The Kier molecular flexibility index (Phi) is 4.72. The van der Waals surface area contributed by atoms with Crippen molar-refractivity contribution in [3.05, 3.63) is 53.2 Å². The van der Waals surface area contributed by atoms with Crippen molar-refractivity contribution in [2.45, 2.75) is 6.42 Å². The van der Waals surface area contributed by atoms with E-state index < -0.39 is 0 Å². The molecule has 2 aromatic heterocycles. The highest BCUT2D eigenvalue weighted by atomic mass is 32.1. The fraction of sp³-hybridized carbons (Fsp3) is 0.118. The van der Waals surface area contributed by atoms with Crippen LogP contribution >= 0.6 is 11.3 Å². The van der Waals surface area contributed by atoms with Crippen LogP contribution < -0.4 is 10.6 Å². The number of rotatable bonds is 5. The molecule has 24 heavy (non-hydrogen) atoms. The second-order valence-corrected chi connectivity index (χ2v) is 5.85. The monoisotopic (exact) mass is 340 g/mol. The quantitative estimate of drug-likeness (QED) is 0.701. The first-order valence-electron chi connectivity index (χ1n) is 7.36. The second-order valence-electron chi connectivity index (χ2n) is 5.07. The number of thiophene rings is 1.